The summed E-state index contributed by atoms with van der Waals surface area (Å²) < 4.78 is 1.38. The Balaban J connectivity index is 2.13. The van der Waals surface area contributed by atoms with Crippen LogP contribution in [0.25, 0.3) is 0 Å². The molecule has 1 fully saturated rings. The molecule has 260 valence electrons. The zero-order chi connectivity index (χ0) is 35.8. The van der Waals surface area contributed by atoms with Crippen molar-refractivity contribution in [1.82, 2.24) is 0 Å². The molecule has 10 heteroatoms. The molecule has 0 bridgehead atoms. The molecule has 47 heavy (non-hydrogen) atoms. The second-order valence-electron chi connectivity index (χ2n) is 21.5. The number of allylic oxidation sites excluding steroid dienone is 8. The number of hydrogen-bond acceptors (Lipinski definition) is 2. The van der Waals surface area contributed by atoms with E-state index in [1.54, 1.807) is 5.56 Å². The van der Waals surface area contributed by atoms with E-state index in [9.17, 15) is 0 Å². The Labute approximate surface area is 308 Å². The van der Waals surface area contributed by atoms with Crippen LogP contribution in [0, 0.1) is 0 Å². The Morgan fingerprint density at radius 2 is 0.745 bits per heavy atom. The monoisotopic (exact) mass is 876 g/mol. The van der Waals surface area contributed by atoms with Crippen LogP contribution >= 0.6 is 17.6 Å². The first-order valence-electron chi connectivity index (χ1n) is 18.3. The fraction of sp³-hybridized carbons (Fsp3) is 0.622. The fourth-order valence-corrected chi connectivity index (χ4v) is 82.5. The topological polar surface area (TPSA) is 0 Å². The zero-order valence-corrected chi connectivity index (χ0v) is 44.0. The van der Waals surface area contributed by atoms with Crippen molar-refractivity contribution in [1.29, 1.82) is 0 Å². The summed E-state index contributed by atoms with van der Waals surface area (Å²) in [7, 11) is -4.09. The molecule has 0 aromatic heterocycles. The Hall–Kier alpha value is 1.04. The van der Waals surface area contributed by atoms with Gasteiger partial charge in [-0.2, -0.15) is 0 Å². The Bertz CT molecular complexity index is 1290. The SMILES string of the molecule is C[Si](C)(C)C(c1cc(C([Si](C)(C)C)[Si](C)(C)C)c(B2[S][Sn]([CH]3C=CC=C3)([CH]3C=CC=C3)[S]2)c(C([Si](C)(C)C)[Si](C)(C)C)c1)[Si](C)(C)C. The molecule has 0 N–H and O–H groups in total. The van der Waals surface area contributed by atoms with Gasteiger partial charge in [0.05, 0.1) is 0 Å². The minimum absolute atomic E-state index is 0.595. The molecule has 1 saturated heterocycles. The molecule has 1 aliphatic heterocycles. The first-order chi connectivity index (χ1) is 21.1. The van der Waals surface area contributed by atoms with Gasteiger partial charge in [-0.1, -0.05) is 0 Å². The first-order valence-corrected chi connectivity index (χ1v) is 51.8. The molecule has 4 rings (SSSR count). The van der Waals surface area contributed by atoms with Gasteiger partial charge in [-0.3, -0.25) is 0 Å². The third kappa shape index (κ3) is 8.65. The van der Waals surface area contributed by atoms with Crippen molar-refractivity contribution >= 4 is 92.4 Å². The van der Waals surface area contributed by atoms with Crippen molar-refractivity contribution in [2.45, 2.75) is 141 Å². The summed E-state index contributed by atoms with van der Waals surface area (Å²) in [5.74, 6) is 0. The molecule has 0 radical (unpaired) electrons. The molecule has 1 aromatic rings. The molecular weight excluding hydrogens is 807 g/mol. The van der Waals surface area contributed by atoms with Crippen LogP contribution in [0.5, 0.6) is 0 Å². The molecule has 0 amide bonds. The van der Waals surface area contributed by atoms with Gasteiger partial charge in [0.1, 0.15) is 0 Å². The van der Waals surface area contributed by atoms with Crippen molar-refractivity contribution in [3.05, 3.63) is 77.4 Å². The van der Waals surface area contributed by atoms with Gasteiger partial charge in [0, 0.05) is 0 Å². The molecule has 2 aliphatic carbocycles. The normalized spacial score (nSPS) is 19.7. The van der Waals surface area contributed by atoms with Gasteiger partial charge >= 0.3 is 311 Å². The summed E-state index contributed by atoms with van der Waals surface area (Å²) in [4.78, 5) is 0. The van der Waals surface area contributed by atoms with E-state index in [2.05, 4.69) is 196 Å². The van der Waals surface area contributed by atoms with Crippen molar-refractivity contribution < 1.29 is 0 Å². The summed E-state index contributed by atoms with van der Waals surface area (Å²) in [6.45, 7) is 48.6. The quantitative estimate of drug-likeness (QED) is 0.192. The Kier molecular flexibility index (Phi) is 12.0. The fourth-order valence-electron chi connectivity index (χ4n) is 10.8. The van der Waals surface area contributed by atoms with Crippen molar-refractivity contribution in [2.75, 3.05) is 0 Å². The molecule has 0 saturated carbocycles. The van der Waals surface area contributed by atoms with Gasteiger partial charge in [-0.05, 0) is 0 Å². The summed E-state index contributed by atoms with van der Waals surface area (Å²) >= 11 is -2.75. The number of rotatable bonds is 12. The van der Waals surface area contributed by atoms with Crippen LogP contribution < -0.4 is 5.46 Å². The molecule has 1 aromatic carbocycles. The third-order valence-electron chi connectivity index (χ3n) is 10.7. The van der Waals surface area contributed by atoms with Crippen LogP contribution in [0.1, 0.15) is 32.2 Å². The zero-order valence-electron chi connectivity index (χ0n) is 33.6. The van der Waals surface area contributed by atoms with E-state index < -0.39 is 64.1 Å². The molecule has 1 heterocycles. The van der Waals surface area contributed by atoms with Crippen LogP contribution in [0.3, 0.4) is 0 Å². The van der Waals surface area contributed by atoms with Gasteiger partial charge in [0.25, 0.3) is 0 Å². The molecule has 0 unspecified atom stereocenters. The van der Waals surface area contributed by atoms with Gasteiger partial charge in [0.2, 0.25) is 0 Å². The Morgan fingerprint density at radius 1 is 0.468 bits per heavy atom. The molecule has 0 nitrogen and oxygen atoms in total. The summed E-state index contributed by atoms with van der Waals surface area (Å²) in [5.41, 5.74) is 7.35. The average Bonchev–Trinajstić information content (AvgIpc) is 3.49. The molecule has 0 atom stereocenters. The van der Waals surface area contributed by atoms with Crippen molar-refractivity contribution in [3.8, 4) is 0 Å². The first kappa shape index (κ1) is 40.8. The second-order valence-corrected chi connectivity index (χ2v) is 79.5. The summed E-state index contributed by atoms with van der Waals surface area (Å²) in [6, 6.07) is 5.85. The van der Waals surface area contributed by atoms with Crippen LogP contribution in [-0.4, -0.2) is 69.3 Å². The van der Waals surface area contributed by atoms with E-state index in [0.29, 0.717) is 13.1 Å². The third-order valence-corrected chi connectivity index (χ3v) is 72.7. The van der Waals surface area contributed by atoms with Gasteiger partial charge in [-0.25, -0.2) is 0 Å². The van der Waals surface area contributed by atoms with E-state index in [0.717, 1.165) is 15.5 Å². The minimum atomic E-state index is -2.75. The van der Waals surface area contributed by atoms with Gasteiger partial charge < -0.3 is 0 Å². The van der Waals surface area contributed by atoms with Gasteiger partial charge in [0.15, 0.2) is 0 Å². The number of benzene rings is 1. The predicted molar refractivity (Wildman–Crippen MR) is 245 cm³/mol. The Morgan fingerprint density at radius 3 is 1.00 bits per heavy atom. The standard InChI is InChI=1S/C27H59BS2Si6.2C5H5.Sn/c1-31(2,3)25(32(4,5)6)21-19-22(26(33(7,8)9)34(10,11)12)24(28(29)30)23(20-21)27(35(13,14)15)36(16,17)18;2*1-2-4-5-3-1;/h19-20,25-27H,1-18H3;2*1-5H;/q-2;;;+2. The average molecular weight is 876 g/mol. The number of hydrogen-bond donors (Lipinski definition) is 0. The molecular formula is C37H69BS2Si6Sn. The van der Waals surface area contributed by atoms with E-state index in [1.807, 2.05) is 16.6 Å². The summed E-state index contributed by atoms with van der Waals surface area (Å²) in [5, 5.41) is 2.90. The van der Waals surface area contributed by atoms with Crippen LogP contribution in [0.4, 0.5) is 0 Å². The van der Waals surface area contributed by atoms with Crippen LogP contribution in [0.15, 0.2) is 60.7 Å². The van der Waals surface area contributed by atoms with Gasteiger partial charge in [-0.15, -0.1) is 0 Å². The van der Waals surface area contributed by atoms with Crippen molar-refractivity contribution in [2.24, 2.45) is 0 Å². The van der Waals surface area contributed by atoms with Crippen LogP contribution in [-0.2, 0) is 0 Å². The second kappa shape index (κ2) is 13.8. The predicted octanol–water partition coefficient (Wildman–Crippen LogP) is 12.8. The van der Waals surface area contributed by atoms with E-state index >= 15 is 0 Å². The maximum absolute atomic E-state index is 2.92. The van der Waals surface area contributed by atoms with E-state index in [-0.39, 0.29) is 0 Å². The molecule has 3 aliphatic rings. The summed E-state index contributed by atoms with van der Waals surface area (Å²) in [6.07, 6.45) is 19.7. The van der Waals surface area contributed by atoms with Crippen molar-refractivity contribution in [3.63, 3.8) is 0 Å². The van der Waals surface area contributed by atoms with E-state index in [4.69, 9.17) is 0 Å². The molecule has 0 spiro atoms. The van der Waals surface area contributed by atoms with Crippen LogP contribution in [0.2, 0.25) is 126 Å². The van der Waals surface area contributed by atoms with E-state index in [1.165, 1.54) is 0 Å². The maximum atomic E-state index is 2.92.